The Bertz CT molecular complexity index is 3860. The van der Waals surface area contributed by atoms with Crippen molar-refractivity contribution in [1.82, 2.24) is 4.57 Å². The third-order valence-corrected chi connectivity index (χ3v) is 15.4. The number of hydrogen-bond donors (Lipinski definition) is 0. The zero-order valence-corrected chi connectivity index (χ0v) is 43.0. The van der Waals surface area contributed by atoms with Crippen molar-refractivity contribution < 1.29 is 0 Å². The van der Waals surface area contributed by atoms with Gasteiger partial charge in [0.2, 0.25) is 0 Å². The van der Waals surface area contributed by atoms with E-state index < -0.39 is 0 Å². The number of benzene rings is 11. The summed E-state index contributed by atoms with van der Waals surface area (Å²) in [6.45, 7) is 9.27. The van der Waals surface area contributed by atoms with E-state index in [1.165, 1.54) is 55.3 Å². The lowest BCUT2D eigenvalue weighted by Crippen LogP contribution is -2.19. The Labute approximate surface area is 441 Å². The second-order valence-corrected chi connectivity index (χ2v) is 20.6. The predicted octanol–water partition coefficient (Wildman–Crippen LogP) is 19.7. The van der Waals surface area contributed by atoms with Crippen LogP contribution in [-0.4, -0.2) is 4.57 Å². The molecule has 0 saturated carbocycles. The molecule has 362 valence electrons. The molecule has 3 heteroatoms. The van der Waals surface area contributed by atoms with Crippen LogP contribution in [0.4, 0.5) is 34.1 Å². The van der Waals surface area contributed by atoms with E-state index in [1.807, 2.05) is 0 Å². The molecule has 0 saturated heterocycles. The summed E-state index contributed by atoms with van der Waals surface area (Å²) in [5.41, 5.74) is 19.1. The summed E-state index contributed by atoms with van der Waals surface area (Å²) in [5.74, 6) is 0. The third kappa shape index (κ3) is 8.87. The van der Waals surface area contributed by atoms with Crippen LogP contribution in [0.25, 0.3) is 49.7 Å². The van der Waals surface area contributed by atoms with E-state index in [-0.39, 0.29) is 10.8 Å². The highest BCUT2D eigenvalue weighted by Crippen LogP contribution is 2.49. The minimum Gasteiger partial charge on any atom is -0.310 e. The molecule has 1 heterocycles. The number of rotatable bonds is 13. The number of nitrogens with zero attached hydrogens (tertiary/aromatic N) is 3. The molecular formula is C72H59N3. The largest absolute Gasteiger partial charge is 0.310 e. The van der Waals surface area contributed by atoms with Gasteiger partial charge in [0.25, 0.3) is 0 Å². The number of aromatic nitrogens is 1. The van der Waals surface area contributed by atoms with Gasteiger partial charge in [-0.05, 0) is 123 Å². The van der Waals surface area contributed by atoms with E-state index >= 15 is 0 Å². The first-order chi connectivity index (χ1) is 36.7. The maximum absolute atomic E-state index is 2.48. The Morgan fingerprint density at radius 1 is 0.280 bits per heavy atom. The van der Waals surface area contributed by atoms with Crippen LogP contribution in [0.1, 0.15) is 49.9 Å². The molecule has 0 N–H and O–H groups in total. The molecule has 1 aromatic heterocycles. The summed E-state index contributed by atoms with van der Waals surface area (Å²) in [6.07, 6.45) is 0. The van der Waals surface area contributed by atoms with Crippen molar-refractivity contribution in [3.8, 4) is 27.9 Å². The van der Waals surface area contributed by atoms with Crippen LogP contribution in [0, 0.1) is 0 Å². The summed E-state index contributed by atoms with van der Waals surface area (Å²) in [6, 6.07) is 104. The Morgan fingerprint density at radius 3 is 1.08 bits per heavy atom. The minimum atomic E-state index is -0.208. The topological polar surface area (TPSA) is 11.4 Å². The van der Waals surface area contributed by atoms with Crippen molar-refractivity contribution >= 4 is 55.9 Å². The SMILES string of the molecule is CC(C)(c1ccccc1)c1ccc(N(c2ccc(-c3ccccc3)cc2)c2cc(N(c3ccc(-c4ccccc4)cc3)c3ccc(C(C)(C)c4ccccc4)cc3)c3c4ccccc4n(-c4ccccc4)c3c2)cc1. The van der Waals surface area contributed by atoms with Crippen molar-refractivity contribution in [3.05, 3.63) is 307 Å². The second kappa shape index (κ2) is 19.7. The average molecular weight is 966 g/mol. The highest BCUT2D eigenvalue weighted by Gasteiger charge is 2.28. The van der Waals surface area contributed by atoms with Gasteiger partial charge in [-0.25, -0.2) is 0 Å². The highest BCUT2D eigenvalue weighted by molar-refractivity contribution is 6.18. The third-order valence-electron chi connectivity index (χ3n) is 15.4. The molecule has 3 nitrogen and oxygen atoms in total. The average Bonchev–Trinajstić information content (AvgIpc) is 3.82. The van der Waals surface area contributed by atoms with Crippen molar-refractivity contribution in [1.29, 1.82) is 0 Å². The number of anilines is 6. The van der Waals surface area contributed by atoms with Gasteiger partial charge < -0.3 is 14.4 Å². The van der Waals surface area contributed by atoms with Gasteiger partial charge in [0.05, 0.1) is 22.4 Å². The lowest BCUT2D eigenvalue weighted by Gasteiger charge is -2.32. The molecule has 0 unspecified atom stereocenters. The summed E-state index contributed by atoms with van der Waals surface area (Å²) in [4.78, 5) is 4.91. The maximum Gasteiger partial charge on any atom is 0.0583 e. The van der Waals surface area contributed by atoms with E-state index in [4.69, 9.17) is 0 Å². The molecule has 0 spiro atoms. The van der Waals surface area contributed by atoms with E-state index in [9.17, 15) is 0 Å². The molecular weight excluding hydrogens is 907 g/mol. The van der Waals surface area contributed by atoms with E-state index in [2.05, 4.69) is 327 Å². The van der Waals surface area contributed by atoms with Crippen molar-refractivity contribution in [2.45, 2.75) is 38.5 Å². The fraction of sp³-hybridized carbons (Fsp3) is 0.0833. The summed E-state index contributed by atoms with van der Waals surface area (Å²) in [7, 11) is 0. The van der Waals surface area contributed by atoms with Crippen LogP contribution < -0.4 is 9.80 Å². The normalized spacial score (nSPS) is 11.7. The van der Waals surface area contributed by atoms with Gasteiger partial charge in [-0.15, -0.1) is 0 Å². The van der Waals surface area contributed by atoms with Gasteiger partial charge >= 0.3 is 0 Å². The fourth-order valence-corrected chi connectivity index (χ4v) is 11.1. The van der Waals surface area contributed by atoms with Crippen LogP contribution in [0.15, 0.2) is 285 Å². The Balaban J connectivity index is 1.12. The molecule has 75 heavy (non-hydrogen) atoms. The van der Waals surface area contributed by atoms with Crippen LogP contribution in [0.2, 0.25) is 0 Å². The number of fused-ring (bicyclic) bond motifs is 3. The lowest BCUT2D eigenvalue weighted by molar-refractivity contribution is 0.641. The van der Waals surface area contributed by atoms with Gasteiger partial charge in [-0.2, -0.15) is 0 Å². The first-order valence-electron chi connectivity index (χ1n) is 26.1. The summed E-state index contributed by atoms with van der Waals surface area (Å²) < 4.78 is 2.45. The van der Waals surface area contributed by atoms with Gasteiger partial charge in [0.15, 0.2) is 0 Å². The quantitative estimate of drug-likeness (QED) is 0.114. The molecule has 12 rings (SSSR count). The van der Waals surface area contributed by atoms with E-state index in [1.54, 1.807) is 0 Å². The van der Waals surface area contributed by atoms with Crippen LogP contribution in [0.5, 0.6) is 0 Å². The molecule has 11 aromatic carbocycles. The monoisotopic (exact) mass is 965 g/mol. The molecule has 0 amide bonds. The Kier molecular flexibility index (Phi) is 12.3. The molecule has 0 radical (unpaired) electrons. The highest BCUT2D eigenvalue weighted by atomic mass is 15.2. The molecule has 0 bridgehead atoms. The Hall–Kier alpha value is -9.18. The first-order valence-corrected chi connectivity index (χ1v) is 26.1. The van der Waals surface area contributed by atoms with Gasteiger partial charge in [-0.1, -0.05) is 234 Å². The zero-order chi connectivity index (χ0) is 50.9. The molecule has 0 aliphatic rings. The first kappa shape index (κ1) is 46.9. The van der Waals surface area contributed by atoms with E-state index in [0.29, 0.717) is 0 Å². The van der Waals surface area contributed by atoms with Gasteiger partial charge in [0, 0.05) is 50.0 Å². The zero-order valence-electron chi connectivity index (χ0n) is 43.0. The van der Waals surface area contributed by atoms with Crippen molar-refractivity contribution in [2.75, 3.05) is 9.80 Å². The standard InChI is InChI=1S/C72H59N3/c1-71(2,56-26-14-7-15-27-56)58-38-46-62(47-39-58)73(61-42-34-54(35-43-61)52-22-10-5-11-23-52)65-50-68(70-66-32-20-21-33-67(66)75(69(70)51-65)60-30-18-9-19-31-60)74(63-44-36-55(37-45-63)53-24-12-6-13-25-53)64-48-40-59(41-49-64)72(3,4)57-28-16-8-17-29-57/h5-51H,1-4H3. The van der Waals surface area contributed by atoms with Gasteiger partial charge in [-0.3, -0.25) is 0 Å². The van der Waals surface area contributed by atoms with Gasteiger partial charge in [0.1, 0.15) is 0 Å². The molecule has 0 atom stereocenters. The molecule has 0 aliphatic heterocycles. The lowest BCUT2D eigenvalue weighted by atomic mass is 9.78. The van der Waals surface area contributed by atoms with Crippen molar-refractivity contribution in [3.63, 3.8) is 0 Å². The molecule has 12 aromatic rings. The van der Waals surface area contributed by atoms with Crippen molar-refractivity contribution in [2.24, 2.45) is 0 Å². The molecule has 0 aliphatic carbocycles. The Morgan fingerprint density at radius 2 is 0.627 bits per heavy atom. The maximum atomic E-state index is 2.48. The molecule has 0 fully saturated rings. The predicted molar refractivity (Wildman–Crippen MR) is 318 cm³/mol. The van der Waals surface area contributed by atoms with Crippen LogP contribution in [-0.2, 0) is 10.8 Å². The van der Waals surface area contributed by atoms with Crippen LogP contribution in [0.3, 0.4) is 0 Å². The number of hydrogen-bond acceptors (Lipinski definition) is 2. The minimum absolute atomic E-state index is 0.201. The van der Waals surface area contributed by atoms with E-state index in [0.717, 1.165) is 50.8 Å². The smallest absolute Gasteiger partial charge is 0.0583 e. The fourth-order valence-electron chi connectivity index (χ4n) is 11.1. The van der Waals surface area contributed by atoms with Crippen LogP contribution >= 0.6 is 0 Å². The number of para-hydroxylation sites is 2. The summed E-state index contributed by atoms with van der Waals surface area (Å²) >= 11 is 0. The summed E-state index contributed by atoms with van der Waals surface area (Å²) in [5, 5.41) is 2.34. The second-order valence-electron chi connectivity index (χ2n) is 20.6.